The van der Waals surface area contributed by atoms with E-state index >= 15 is 0 Å². The Bertz CT molecular complexity index is 827. The van der Waals surface area contributed by atoms with Gasteiger partial charge >= 0.3 is 17.5 Å². The van der Waals surface area contributed by atoms with Crippen molar-refractivity contribution < 1.29 is 23.8 Å². The molecule has 0 aliphatic carbocycles. The number of carbonyl (C=O) groups is 1. The van der Waals surface area contributed by atoms with Crippen LogP contribution in [0.2, 0.25) is 0 Å². The van der Waals surface area contributed by atoms with Gasteiger partial charge in [-0.25, -0.2) is 5.43 Å². The van der Waals surface area contributed by atoms with Crippen molar-refractivity contribution in [2.75, 3.05) is 7.11 Å². The second-order valence-corrected chi connectivity index (χ2v) is 4.25. The first-order valence-corrected chi connectivity index (χ1v) is 6.33. The Hall–Kier alpha value is -3.76. The van der Waals surface area contributed by atoms with Gasteiger partial charge in [0.1, 0.15) is 4.92 Å². The molecule has 0 atom stereocenters. The van der Waals surface area contributed by atoms with E-state index in [9.17, 15) is 25.0 Å². The quantitative estimate of drug-likeness (QED) is 0.481. The summed E-state index contributed by atoms with van der Waals surface area (Å²) in [5.74, 6) is -1.71. The molecule has 0 radical (unpaired) electrons. The predicted octanol–water partition coefficient (Wildman–Crippen LogP) is 1.87. The molecule has 0 unspecified atom stereocenters. The number of hydrazone groups is 1. The Morgan fingerprint density at radius 3 is 2.58 bits per heavy atom. The third-order valence-corrected chi connectivity index (χ3v) is 2.80. The van der Waals surface area contributed by atoms with Crippen LogP contribution in [0.25, 0.3) is 0 Å². The zero-order chi connectivity index (χ0) is 17.7. The highest BCUT2D eigenvalue weighted by Crippen LogP contribution is 2.29. The molecule has 0 bridgehead atoms. The molecule has 2 rings (SSSR count). The summed E-state index contributed by atoms with van der Waals surface area (Å²) in [5, 5.41) is 25.1. The van der Waals surface area contributed by atoms with E-state index in [1.165, 1.54) is 25.3 Å². The third kappa shape index (κ3) is 3.52. The monoisotopic (exact) mass is 334 g/mol. The topological polar surface area (TPSA) is 150 Å². The number of furan rings is 1. The fourth-order valence-electron chi connectivity index (χ4n) is 1.77. The lowest BCUT2D eigenvalue weighted by Crippen LogP contribution is -2.16. The number of nitrogens with zero attached hydrogens (tertiary/aromatic N) is 3. The molecule has 11 heteroatoms. The summed E-state index contributed by atoms with van der Waals surface area (Å²) >= 11 is 0. The van der Waals surface area contributed by atoms with Crippen molar-refractivity contribution in [2.24, 2.45) is 5.10 Å². The number of para-hydroxylation sites is 1. The lowest BCUT2D eigenvalue weighted by atomic mass is 10.2. The summed E-state index contributed by atoms with van der Waals surface area (Å²) in [6.07, 6.45) is 1.05. The number of benzene rings is 1. The molecule has 1 N–H and O–H groups in total. The predicted molar refractivity (Wildman–Crippen MR) is 80.1 cm³/mol. The molecule has 1 aromatic carbocycles. The first-order chi connectivity index (χ1) is 11.4. The summed E-state index contributed by atoms with van der Waals surface area (Å²) in [7, 11) is 1.29. The molecular formula is C13H10N4O7. The van der Waals surface area contributed by atoms with Crippen LogP contribution in [-0.4, -0.2) is 29.1 Å². The van der Waals surface area contributed by atoms with E-state index in [0.717, 1.165) is 18.3 Å². The molecule has 0 aliphatic heterocycles. The maximum atomic E-state index is 11.7. The standard InChI is InChI=1S/C13H10N4O7/c1-23-9-4-2-3-8(12(9)17(21)22)7-14-15-13(18)10-5-6-11(24-10)16(19)20/h2-7H,1H3,(H,15,18). The normalized spacial score (nSPS) is 10.5. The number of nitrogens with one attached hydrogen (secondary N) is 1. The number of rotatable bonds is 6. The van der Waals surface area contributed by atoms with Gasteiger partial charge in [-0.1, -0.05) is 6.07 Å². The second kappa shape index (κ2) is 7.00. The molecule has 11 nitrogen and oxygen atoms in total. The number of hydrogen-bond acceptors (Lipinski definition) is 8. The number of ether oxygens (including phenoxy) is 1. The van der Waals surface area contributed by atoms with Crippen molar-refractivity contribution in [3.8, 4) is 5.75 Å². The number of nitro groups is 2. The highest BCUT2D eigenvalue weighted by Gasteiger charge is 2.20. The van der Waals surface area contributed by atoms with Crippen molar-refractivity contribution in [1.29, 1.82) is 0 Å². The average Bonchev–Trinajstić information content (AvgIpc) is 3.04. The van der Waals surface area contributed by atoms with Crippen LogP contribution in [-0.2, 0) is 0 Å². The molecular weight excluding hydrogens is 324 g/mol. The van der Waals surface area contributed by atoms with E-state index in [4.69, 9.17) is 9.15 Å². The van der Waals surface area contributed by atoms with Crippen LogP contribution in [0.4, 0.5) is 11.6 Å². The van der Waals surface area contributed by atoms with Crippen LogP contribution in [0.1, 0.15) is 16.1 Å². The first kappa shape index (κ1) is 16.6. The van der Waals surface area contributed by atoms with E-state index in [2.05, 4.69) is 10.5 Å². The van der Waals surface area contributed by atoms with E-state index in [-0.39, 0.29) is 22.8 Å². The van der Waals surface area contributed by atoms with E-state index in [1.54, 1.807) is 0 Å². The van der Waals surface area contributed by atoms with Gasteiger partial charge in [-0.05, 0) is 18.2 Å². The van der Waals surface area contributed by atoms with Gasteiger partial charge in [-0.15, -0.1) is 0 Å². The lowest BCUT2D eigenvalue weighted by Gasteiger charge is -2.03. The van der Waals surface area contributed by atoms with Crippen LogP contribution >= 0.6 is 0 Å². The maximum Gasteiger partial charge on any atom is 0.433 e. The van der Waals surface area contributed by atoms with Crippen molar-refractivity contribution >= 4 is 23.7 Å². The second-order valence-electron chi connectivity index (χ2n) is 4.25. The molecule has 0 saturated carbocycles. The van der Waals surface area contributed by atoms with Gasteiger partial charge in [0.05, 0.1) is 29.9 Å². The van der Waals surface area contributed by atoms with Gasteiger partial charge in [0.25, 0.3) is 0 Å². The van der Waals surface area contributed by atoms with Gasteiger partial charge < -0.3 is 9.15 Å². The molecule has 24 heavy (non-hydrogen) atoms. The van der Waals surface area contributed by atoms with Crippen molar-refractivity contribution in [1.82, 2.24) is 5.43 Å². The Labute approximate surface area is 133 Å². The van der Waals surface area contributed by atoms with E-state index in [1.807, 2.05) is 0 Å². The molecule has 1 heterocycles. The summed E-state index contributed by atoms with van der Waals surface area (Å²) < 4.78 is 9.59. The van der Waals surface area contributed by atoms with Crippen molar-refractivity contribution in [2.45, 2.75) is 0 Å². The molecule has 124 valence electrons. The molecule has 0 aliphatic rings. The van der Waals surface area contributed by atoms with E-state index < -0.39 is 21.6 Å². The Morgan fingerprint density at radius 2 is 2.00 bits per heavy atom. The van der Waals surface area contributed by atoms with Crippen LogP contribution in [0.15, 0.2) is 39.9 Å². The minimum absolute atomic E-state index is 0.0388. The van der Waals surface area contributed by atoms with Crippen LogP contribution in [0.3, 0.4) is 0 Å². The average molecular weight is 334 g/mol. The smallest absolute Gasteiger partial charge is 0.433 e. The number of carbonyl (C=O) groups excluding carboxylic acids is 1. The molecule has 0 spiro atoms. The third-order valence-electron chi connectivity index (χ3n) is 2.80. The van der Waals surface area contributed by atoms with Crippen molar-refractivity contribution in [3.05, 3.63) is 61.9 Å². The lowest BCUT2D eigenvalue weighted by molar-refractivity contribution is -0.402. The van der Waals surface area contributed by atoms with Gasteiger partial charge in [0, 0.05) is 0 Å². The summed E-state index contributed by atoms with van der Waals surface area (Å²) in [6.45, 7) is 0. The highest BCUT2D eigenvalue weighted by atomic mass is 16.6. The van der Waals surface area contributed by atoms with Gasteiger partial charge in [-0.3, -0.25) is 25.0 Å². The SMILES string of the molecule is COc1cccc(C=NNC(=O)c2ccc([N+](=O)[O-])o2)c1[N+](=O)[O-]. The summed E-state index contributed by atoms with van der Waals surface area (Å²) in [5.41, 5.74) is 1.84. The molecule has 2 aromatic rings. The molecule has 0 saturated heterocycles. The first-order valence-electron chi connectivity index (χ1n) is 6.33. The number of amides is 1. The zero-order valence-corrected chi connectivity index (χ0v) is 12.2. The van der Waals surface area contributed by atoms with E-state index in [0.29, 0.717) is 0 Å². The van der Waals surface area contributed by atoms with Crippen LogP contribution in [0.5, 0.6) is 5.75 Å². The Balaban J connectivity index is 2.15. The largest absolute Gasteiger partial charge is 0.490 e. The van der Waals surface area contributed by atoms with Gasteiger partial charge in [-0.2, -0.15) is 5.10 Å². The number of nitro benzene ring substituents is 1. The minimum Gasteiger partial charge on any atom is -0.490 e. The number of hydrogen-bond donors (Lipinski definition) is 1. The fraction of sp³-hybridized carbons (Fsp3) is 0.0769. The summed E-state index contributed by atoms with van der Waals surface area (Å²) in [6, 6.07) is 6.47. The van der Waals surface area contributed by atoms with Crippen molar-refractivity contribution in [3.63, 3.8) is 0 Å². The van der Waals surface area contributed by atoms with Gasteiger partial charge in [0.15, 0.2) is 5.75 Å². The summed E-state index contributed by atoms with van der Waals surface area (Å²) in [4.78, 5) is 31.8. The molecule has 1 amide bonds. The maximum absolute atomic E-state index is 11.7. The fourth-order valence-corrected chi connectivity index (χ4v) is 1.77. The minimum atomic E-state index is -0.843. The van der Waals surface area contributed by atoms with Crippen LogP contribution < -0.4 is 10.2 Å². The molecule has 1 aromatic heterocycles. The number of methoxy groups -OCH3 is 1. The highest BCUT2D eigenvalue weighted by molar-refractivity contribution is 5.93. The Kier molecular flexibility index (Phi) is 4.84. The Morgan fingerprint density at radius 1 is 1.25 bits per heavy atom. The van der Waals surface area contributed by atoms with Crippen LogP contribution in [0, 0.1) is 20.2 Å². The molecule has 0 fully saturated rings. The van der Waals surface area contributed by atoms with Gasteiger partial charge in [0.2, 0.25) is 5.76 Å². The zero-order valence-electron chi connectivity index (χ0n) is 12.2.